The highest BCUT2D eigenvalue weighted by Gasteiger charge is 2.33. The Morgan fingerprint density at radius 1 is 1.08 bits per heavy atom. The second-order valence-corrected chi connectivity index (χ2v) is 6.37. The Balaban J connectivity index is 1.81. The van der Waals surface area contributed by atoms with Crippen LogP contribution in [0, 0.1) is 17.7 Å². The minimum Gasteiger partial charge on any atom is -0.396 e. The first-order valence-corrected chi connectivity index (χ1v) is 8.27. The number of anilines is 1. The number of aliphatic hydroxyl groups is 2. The number of halogens is 1. The van der Waals surface area contributed by atoms with Crippen LogP contribution >= 0.6 is 0 Å². The zero-order valence-corrected chi connectivity index (χ0v) is 13.6. The van der Waals surface area contributed by atoms with Gasteiger partial charge in [-0.25, -0.2) is 9.37 Å². The quantitative estimate of drug-likeness (QED) is 0.753. The zero-order valence-electron chi connectivity index (χ0n) is 13.6. The highest BCUT2D eigenvalue weighted by atomic mass is 19.1. The van der Waals surface area contributed by atoms with Crippen LogP contribution in [0.4, 0.5) is 10.2 Å². The maximum atomic E-state index is 14.2. The van der Waals surface area contributed by atoms with E-state index in [1.54, 1.807) is 35.0 Å². The summed E-state index contributed by atoms with van der Waals surface area (Å²) >= 11 is 0. The summed E-state index contributed by atoms with van der Waals surface area (Å²) in [5.74, 6) is 0.455. The minimum absolute atomic E-state index is 0.000638. The lowest BCUT2D eigenvalue weighted by molar-refractivity contribution is 0.152. The van der Waals surface area contributed by atoms with Crippen LogP contribution in [0.25, 0.3) is 16.9 Å². The zero-order chi connectivity index (χ0) is 17.4. The number of benzene rings is 1. The van der Waals surface area contributed by atoms with E-state index in [0.717, 1.165) is 5.82 Å². The van der Waals surface area contributed by atoms with Crippen LogP contribution in [-0.4, -0.2) is 51.1 Å². The van der Waals surface area contributed by atoms with Crippen LogP contribution < -0.4 is 4.90 Å². The van der Waals surface area contributed by atoms with Gasteiger partial charge < -0.3 is 15.1 Å². The molecule has 3 heterocycles. The van der Waals surface area contributed by atoms with Gasteiger partial charge in [0.15, 0.2) is 5.65 Å². The standard InChI is InChI=1S/C18H19FN4O2/c19-15-4-2-1-3-14(15)16-7-18(23-17(21-16)5-6-20-23)22-8-12(10-24)13(9-22)11-25/h1-7,12-13,24-25H,8-11H2/t12-,13-/m0/s1. The number of aromatic nitrogens is 3. The predicted molar refractivity (Wildman–Crippen MR) is 91.7 cm³/mol. The Kier molecular flexibility index (Phi) is 4.10. The second-order valence-electron chi connectivity index (χ2n) is 6.37. The van der Waals surface area contributed by atoms with Crippen molar-refractivity contribution in [2.24, 2.45) is 11.8 Å². The van der Waals surface area contributed by atoms with Gasteiger partial charge in [0.2, 0.25) is 0 Å². The third-order valence-electron chi connectivity index (χ3n) is 4.86. The molecule has 0 aliphatic carbocycles. The Morgan fingerprint density at radius 3 is 2.48 bits per heavy atom. The molecular formula is C18H19FN4O2. The van der Waals surface area contributed by atoms with Crippen LogP contribution in [0.2, 0.25) is 0 Å². The van der Waals surface area contributed by atoms with E-state index in [4.69, 9.17) is 0 Å². The van der Waals surface area contributed by atoms with E-state index in [-0.39, 0.29) is 30.9 Å². The van der Waals surface area contributed by atoms with Gasteiger partial charge >= 0.3 is 0 Å². The predicted octanol–water partition coefficient (Wildman–Crippen LogP) is 1.57. The SMILES string of the molecule is OC[C@@H]1CN(c2cc(-c3ccccc3F)nc3ccnn23)C[C@H]1CO. The lowest BCUT2D eigenvalue weighted by atomic mass is 9.98. The molecule has 0 amide bonds. The monoisotopic (exact) mass is 342 g/mol. The fourth-order valence-electron chi connectivity index (χ4n) is 3.47. The molecule has 1 aromatic carbocycles. The van der Waals surface area contributed by atoms with E-state index < -0.39 is 0 Å². The largest absolute Gasteiger partial charge is 0.396 e. The number of fused-ring (bicyclic) bond motifs is 1. The number of aliphatic hydroxyl groups excluding tert-OH is 2. The van der Waals surface area contributed by atoms with Crippen molar-refractivity contribution in [2.75, 3.05) is 31.2 Å². The maximum Gasteiger partial charge on any atom is 0.157 e. The molecule has 1 fully saturated rings. The molecule has 130 valence electrons. The number of rotatable bonds is 4. The average molecular weight is 342 g/mol. The maximum absolute atomic E-state index is 14.2. The summed E-state index contributed by atoms with van der Waals surface area (Å²) in [5.41, 5.74) is 1.60. The van der Waals surface area contributed by atoms with Gasteiger partial charge in [0.1, 0.15) is 11.6 Å². The van der Waals surface area contributed by atoms with Crippen molar-refractivity contribution < 1.29 is 14.6 Å². The van der Waals surface area contributed by atoms with Crippen LogP contribution in [0.15, 0.2) is 42.6 Å². The molecule has 7 heteroatoms. The van der Waals surface area contributed by atoms with Gasteiger partial charge in [-0.05, 0) is 12.1 Å². The Bertz CT molecular complexity index is 886. The van der Waals surface area contributed by atoms with E-state index in [1.807, 2.05) is 6.07 Å². The Hall–Kier alpha value is -2.51. The smallest absolute Gasteiger partial charge is 0.157 e. The Morgan fingerprint density at radius 2 is 1.80 bits per heavy atom. The summed E-state index contributed by atoms with van der Waals surface area (Å²) in [6, 6.07) is 10.1. The van der Waals surface area contributed by atoms with E-state index in [0.29, 0.717) is 30.0 Å². The third kappa shape index (κ3) is 2.75. The lowest BCUT2D eigenvalue weighted by Gasteiger charge is -2.20. The first kappa shape index (κ1) is 16.0. The van der Waals surface area contributed by atoms with Gasteiger partial charge in [-0.1, -0.05) is 12.1 Å². The van der Waals surface area contributed by atoms with E-state index >= 15 is 0 Å². The van der Waals surface area contributed by atoms with E-state index in [2.05, 4.69) is 15.0 Å². The van der Waals surface area contributed by atoms with Crippen molar-refractivity contribution in [1.82, 2.24) is 14.6 Å². The van der Waals surface area contributed by atoms with Gasteiger partial charge in [0.05, 0.1) is 11.9 Å². The molecular weight excluding hydrogens is 323 g/mol. The van der Waals surface area contributed by atoms with Gasteiger partial charge in [0.25, 0.3) is 0 Å². The number of hydrogen-bond donors (Lipinski definition) is 2. The highest BCUT2D eigenvalue weighted by molar-refractivity contribution is 5.67. The summed E-state index contributed by atoms with van der Waals surface area (Å²) < 4.78 is 15.9. The van der Waals surface area contributed by atoms with Gasteiger partial charge in [-0.2, -0.15) is 9.61 Å². The highest BCUT2D eigenvalue weighted by Crippen LogP contribution is 2.31. The van der Waals surface area contributed by atoms with Gasteiger partial charge in [-0.15, -0.1) is 0 Å². The lowest BCUT2D eigenvalue weighted by Crippen LogP contribution is -2.24. The molecule has 4 rings (SSSR count). The normalized spacial score (nSPS) is 20.5. The summed E-state index contributed by atoms with van der Waals surface area (Å²) in [6.45, 7) is 1.26. The summed E-state index contributed by atoms with van der Waals surface area (Å²) in [7, 11) is 0. The molecule has 1 saturated heterocycles. The molecule has 0 unspecified atom stereocenters. The summed E-state index contributed by atoms with van der Waals surface area (Å²) in [4.78, 5) is 6.58. The fraction of sp³-hybridized carbons (Fsp3) is 0.333. The molecule has 6 nitrogen and oxygen atoms in total. The van der Waals surface area contributed by atoms with Crippen LogP contribution in [0.3, 0.4) is 0 Å². The first-order valence-electron chi connectivity index (χ1n) is 8.27. The van der Waals surface area contributed by atoms with Crippen molar-refractivity contribution in [1.29, 1.82) is 0 Å². The topological polar surface area (TPSA) is 73.9 Å². The van der Waals surface area contributed by atoms with E-state index in [9.17, 15) is 14.6 Å². The van der Waals surface area contributed by atoms with E-state index in [1.165, 1.54) is 6.07 Å². The van der Waals surface area contributed by atoms with Crippen LogP contribution in [0.1, 0.15) is 0 Å². The molecule has 1 aliphatic heterocycles. The third-order valence-corrected chi connectivity index (χ3v) is 4.86. The molecule has 2 N–H and O–H groups in total. The summed E-state index contributed by atoms with van der Waals surface area (Å²) in [5, 5.41) is 23.4. The van der Waals surface area contributed by atoms with Crippen molar-refractivity contribution in [2.45, 2.75) is 0 Å². The number of hydrogen-bond acceptors (Lipinski definition) is 5. The number of nitrogens with zero attached hydrogens (tertiary/aromatic N) is 4. The van der Waals surface area contributed by atoms with Crippen molar-refractivity contribution >= 4 is 11.5 Å². The molecule has 3 aromatic rings. The minimum atomic E-state index is -0.326. The molecule has 2 atom stereocenters. The molecule has 0 saturated carbocycles. The molecule has 0 spiro atoms. The molecule has 0 radical (unpaired) electrons. The second kappa shape index (κ2) is 6.42. The Labute approximate surface area is 144 Å². The van der Waals surface area contributed by atoms with Gasteiger partial charge in [-0.3, -0.25) is 0 Å². The van der Waals surface area contributed by atoms with Crippen molar-refractivity contribution in [3.63, 3.8) is 0 Å². The van der Waals surface area contributed by atoms with Crippen molar-refractivity contribution in [3.8, 4) is 11.3 Å². The van der Waals surface area contributed by atoms with Gasteiger partial charge in [0, 0.05) is 55.8 Å². The van der Waals surface area contributed by atoms with Crippen molar-refractivity contribution in [3.05, 3.63) is 48.4 Å². The molecule has 1 aliphatic rings. The average Bonchev–Trinajstić information content (AvgIpc) is 3.27. The van der Waals surface area contributed by atoms with Crippen LogP contribution in [0.5, 0.6) is 0 Å². The van der Waals surface area contributed by atoms with Crippen LogP contribution in [-0.2, 0) is 0 Å². The molecule has 0 bridgehead atoms. The fourth-order valence-corrected chi connectivity index (χ4v) is 3.47. The molecule has 2 aromatic heterocycles. The molecule has 25 heavy (non-hydrogen) atoms. The first-order chi connectivity index (χ1) is 12.2. The summed E-state index contributed by atoms with van der Waals surface area (Å²) in [6.07, 6.45) is 1.65.